The van der Waals surface area contributed by atoms with E-state index in [9.17, 15) is 4.79 Å². The maximum atomic E-state index is 11.0. The summed E-state index contributed by atoms with van der Waals surface area (Å²) in [6.07, 6.45) is 0. The summed E-state index contributed by atoms with van der Waals surface area (Å²) in [5, 5.41) is 0. The van der Waals surface area contributed by atoms with Crippen molar-refractivity contribution < 1.29 is 4.79 Å². The molecule has 1 rings (SSSR count). The summed E-state index contributed by atoms with van der Waals surface area (Å²) in [6.45, 7) is 1.54. The fraction of sp³-hybridized carbons (Fsp3) is 0.222. The summed E-state index contributed by atoms with van der Waals surface area (Å²) in [7, 11) is 1.75. The Morgan fingerprint density at radius 3 is 2.50 bits per heavy atom. The van der Waals surface area contributed by atoms with Gasteiger partial charge in [-0.2, -0.15) is 0 Å². The molecule has 1 aromatic carbocycles. The highest BCUT2D eigenvalue weighted by molar-refractivity contribution is 9.10. The topological polar surface area (TPSA) is 20.3 Å². The van der Waals surface area contributed by atoms with Crippen molar-refractivity contribution in [1.29, 1.82) is 0 Å². The molecule has 64 valence electrons. The molecule has 0 saturated carbocycles. The van der Waals surface area contributed by atoms with Crippen molar-refractivity contribution >= 4 is 27.5 Å². The van der Waals surface area contributed by atoms with Crippen molar-refractivity contribution in [2.45, 2.75) is 6.92 Å². The molecule has 0 atom stereocenters. The molecular formula is C9H10BrNO. The second-order valence-electron chi connectivity index (χ2n) is 2.53. The first-order valence-corrected chi connectivity index (χ1v) is 4.41. The number of rotatable bonds is 1. The predicted molar refractivity (Wildman–Crippen MR) is 53.2 cm³/mol. The van der Waals surface area contributed by atoms with E-state index in [1.807, 2.05) is 24.3 Å². The monoisotopic (exact) mass is 227 g/mol. The number of para-hydroxylation sites is 1. The van der Waals surface area contributed by atoms with Gasteiger partial charge in [-0.1, -0.05) is 12.1 Å². The Kier molecular flexibility index (Phi) is 2.87. The van der Waals surface area contributed by atoms with Crippen LogP contribution in [0.1, 0.15) is 6.92 Å². The van der Waals surface area contributed by atoms with Crippen LogP contribution in [0.25, 0.3) is 0 Å². The van der Waals surface area contributed by atoms with Gasteiger partial charge in [0, 0.05) is 18.4 Å². The summed E-state index contributed by atoms with van der Waals surface area (Å²) in [5.74, 6) is 0.0295. The Morgan fingerprint density at radius 1 is 1.42 bits per heavy atom. The highest BCUT2D eigenvalue weighted by Crippen LogP contribution is 2.24. The third-order valence-corrected chi connectivity index (χ3v) is 2.36. The van der Waals surface area contributed by atoms with Gasteiger partial charge >= 0.3 is 0 Å². The van der Waals surface area contributed by atoms with Gasteiger partial charge in [0.15, 0.2) is 0 Å². The number of benzene rings is 1. The molecule has 12 heavy (non-hydrogen) atoms. The van der Waals surface area contributed by atoms with E-state index in [2.05, 4.69) is 15.9 Å². The van der Waals surface area contributed by atoms with Crippen LogP contribution < -0.4 is 4.90 Å². The number of hydrogen-bond acceptors (Lipinski definition) is 1. The van der Waals surface area contributed by atoms with Gasteiger partial charge in [-0.25, -0.2) is 0 Å². The summed E-state index contributed by atoms with van der Waals surface area (Å²) < 4.78 is 0.933. The molecule has 0 fully saturated rings. The quantitative estimate of drug-likeness (QED) is 0.722. The van der Waals surface area contributed by atoms with Crippen LogP contribution in [0.2, 0.25) is 0 Å². The minimum absolute atomic E-state index is 0.0295. The molecule has 3 heteroatoms. The molecule has 0 saturated heterocycles. The van der Waals surface area contributed by atoms with Gasteiger partial charge < -0.3 is 4.90 Å². The molecule has 1 amide bonds. The molecule has 0 aliphatic heterocycles. The molecular weight excluding hydrogens is 218 g/mol. The second-order valence-corrected chi connectivity index (χ2v) is 3.38. The zero-order valence-corrected chi connectivity index (χ0v) is 8.63. The van der Waals surface area contributed by atoms with Gasteiger partial charge in [0.05, 0.1) is 5.69 Å². The Balaban J connectivity index is 3.02. The van der Waals surface area contributed by atoms with E-state index in [4.69, 9.17) is 0 Å². The van der Waals surface area contributed by atoms with Crippen molar-refractivity contribution in [1.82, 2.24) is 0 Å². The van der Waals surface area contributed by atoms with Crippen LogP contribution in [-0.4, -0.2) is 13.0 Å². The molecule has 0 bridgehead atoms. The molecule has 0 aliphatic carbocycles. The van der Waals surface area contributed by atoms with Gasteiger partial charge in [-0.3, -0.25) is 4.79 Å². The van der Waals surface area contributed by atoms with Crippen LogP contribution in [0.3, 0.4) is 0 Å². The van der Waals surface area contributed by atoms with E-state index in [1.165, 1.54) is 0 Å². The zero-order valence-electron chi connectivity index (χ0n) is 7.04. The van der Waals surface area contributed by atoms with E-state index >= 15 is 0 Å². The number of nitrogens with zero attached hydrogens (tertiary/aromatic N) is 1. The standard InChI is InChI=1S/C9H10BrNO/c1-7(12)11(2)9-6-4-3-5-8(9)10/h3-6H,1-2H3. The number of halogens is 1. The lowest BCUT2D eigenvalue weighted by atomic mass is 10.3. The lowest BCUT2D eigenvalue weighted by molar-refractivity contribution is -0.116. The van der Waals surface area contributed by atoms with Crippen molar-refractivity contribution in [3.05, 3.63) is 28.7 Å². The molecule has 0 spiro atoms. The van der Waals surface area contributed by atoms with Crippen LogP contribution in [0.5, 0.6) is 0 Å². The lowest BCUT2D eigenvalue weighted by Gasteiger charge is -2.15. The highest BCUT2D eigenvalue weighted by atomic mass is 79.9. The minimum Gasteiger partial charge on any atom is -0.315 e. The van der Waals surface area contributed by atoms with Crippen molar-refractivity contribution in [2.75, 3.05) is 11.9 Å². The van der Waals surface area contributed by atoms with Crippen molar-refractivity contribution in [2.24, 2.45) is 0 Å². The Hall–Kier alpha value is -0.830. The van der Waals surface area contributed by atoms with Crippen LogP contribution in [0.4, 0.5) is 5.69 Å². The number of hydrogen-bond donors (Lipinski definition) is 0. The van der Waals surface area contributed by atoms with Gasteiger partial charge in [-0.05, 0) is 28.1 Å². The van der Waals surface area contributed by atoms with E-state index in [0.717, 1.165) is 10.2 Å². The van der Waals surface area contributed by atoms with E-state index in [0.29, 0.717) is 0 Å². The predicted octanol–water partition coefficient (Wildman–Crippen LogP) is 2.43. The van der Waals surface area contributed by atoms with Gasteiger partial charge in [0.2, 0.25) is 5.91 Å². The van der Waals surface area contributed by atoms with Gasteiger partial charge in [-0.15, -0.1) is 0 Å². The molecule has 1 aromatic rings. The fourth-order valence-electron chi connectivity index (χ4n) is 0.893. The first-order chi connectivity index (χ1) is 5.63. The average molecular weight is 228 g/mol. The third-order valence-electron chi connectivity index (χ3n) is 1.69. The third kappa shape index (κ3) is 1.85. The van der Waals surface area contributed by atoms with E-state index in [1.54, 1.807) is 18.9 Å². The van der Waals surface area contributed by atoms with E-state index in [-0.39, 0.29) is 5.91 Å². The number of carbonyl (C=O) groups excluding carboxylic acids is 1. The molecule has 0 aromatic heterocycles. The Labute approximate surface area is 80.3 Å². The normalized spacial score (nSPS) is 9.58. The van der Waals surface area contributed by atoms with Crippen LogP contribution in [-0.2, 0) is 4.79 Å². The number of amides is 1. The highest BCUT2D eigenvalue weighted by Gasteiger charge is 2.07. The fourth-order valence-corrected chi connectivity index (χ4v) is 1.44. The number of carbonyl (C=O) groups is 1. The van der Waals surface area contributed by atoms with Crippen LogP contribution in [0.15, 0.2) is 28.7 Å². The molecule has 0 N–H and O–H groups in total. The summed E-state index contributed by atoms with van der Waals surface area (Å²) in [5.41, 5.74) is 0.894. The van der Waals surface area contributed by atoms with Gasteiger partial charge in [0.1, 0.15) is 0 Å². The van der Waals surface area contributed by atoms with Crippen LogP contribution >= 0.6 is 15.9 Å². The Morgan fingerprint density at radius 2 is 2.00 bits per heavy atom. The second kappa shape index (κ2) is 3.72. The van der Waals surface area contributed by atoms with E-state index < -0.39 is 0 Å². The van der Waals surface area contributed by atoms with Gasteiger partial charge in [0.25, 0.3) is 0 Å². The van der Waals surface area contributed by atoms with Crippen LogP contribution in [0, 0.1) is 0 Å². The average Bonchev–Trinajstić information content (AvgIpc) is 2.04. The maximum Gasteiger partial charge on any atom is 0.223 e. The molecule has 2 nitrogen and oxygen atoms in total. The first kappa shape index (κ1) is 9.26. The minimum atomic E-state index is 0.0295. The smallest absolute Gasteiger partial charge is 0.223 e. The molecule has 0 radical (unpaired) electrons. The SMILES string of the molecule is CC(=O)N(C)c1ccccc1Br. The molecule has 0 aliphatic rings. The number of anilines is 1. The first-order valence-electron chi connectivity index (χ1n) is 3.61. The van der Waals surface area contributed by atoms with Crippen molar-refractivity contribution in [3.63, 3.8) is 0 Å². The van der Waals surface area contributed by atoms with Crippen molar-refractivity contribution in [3.8, 4) is 0 Å². The summed E-state index contributed by atoms with van der Waals surface area (Å²) in [4.78, 5) is 12.6. The summed E-state index contributed by atoms with van der Waals surface area (Å²) >= 11 is 3.37. The molecule has 0 heterocycles. The maximum absolute atomic E-state index is 11.0. The largest absolute Gasteiger partial charge is 0.315 e. The zero-order chi connectivity index (χ0) is 9.14. The lowest BCUT2D eigenvalue weighted by Crippen LogP contribution is -2.22. The molecule has 0 unspecified atom stereocenters. The Bertz CT molecular complexity index is 298. The summed E-state index contributed by atoms with van der Waals surface area (Å²) in [6, 6.07) is 7.63.